The Morgan fingerprint density at radius 1 is 1.08 bits per heavy atom. The van der Waals surface area contributed by atoms with Crippen molar-refractivity contribution in [1.29, 1.82) is 0 Å². The average Bonchev–Trinajstić information content (AvgIpc) is 2.03. The molecule has 0 bridgehead atoms. The molecule has 0 spiro atoms. The minimum atomic E-state index is -4.26. The molecule has 0 amide bonds. The molecule has 0 radical (unpaired) electrons. The first kappa shape index (κ1) is 12.4. The zero-order chi connectivity index (χ0) is 9.19. The Balaban J connectivity index is 0.00000144. The van der Waals surface area contributed by atoms with Crippen molar-refractivity contribution in [3.63, 3.8) is 0 Å². The zero-order valence-electron chi connectivity index (χ0n) is 6.64. The molecular weight excluding hydrogens is 247 g/mol. The second-order valence-corrected chi connectivity index (χ2v) is 2.40. The fraction of sp³-hybridized carbons (Fsp3) is 0.250. The van der Waals surface area contributed by atoms with E-state index in [2.05, 4.69) is 0 Å². The molecule has 0 fully saturated rings. The third kappa shape index (κ3) is 3.36. The molecule has 1 aromatic rings. The summed E-state index contributed by atoms with van der Waals surface area (Å²) in [6.45, 7) is 0.262. The van der Waals surface area contributed by atoms with Crippen molar-refractivity contribution in [3.05, 3.63) is 35.4 Å². The van der Waals surface area contributed by atoms with E-state index in [1.165, 1.54) is 12.1 Å². The van der Waals surface area contributed by atoms with E-state index in [4.69, 9.17) is 5.73 Å². The molecule has 0 unspecified atom stereocenters. The van der Waals surface area contributed by atoms with Crippen LogP contribution in [0.4, 0.5) is 13.2 Å². The lowest BCUT2D eigenvalue weighted by atomic mass is 10.1. The molecular formula is C8H9BrF3N. The molecule has 0 atom stereocenters. The van der Waals surface area contributed by atoms with Crippen LogP contribution in [0.25, 0.3) is 0 Å². The van der Waals surface area contributed by atoms with Crippen LogP contribution in [0.2, 0.25) is 0 Å². The van der Waals surface area contributed by atoms with Gasteiger partial charge < -0.3 is 5.73 Å². The normalized spacial score (nSPS) is 10.8. The number of halogens is 4. The van der Waals surface area contributed by atoms with Crippen LogP contribution >= 0.6 is 17.0 Å². The predicted octanol–water partition coefficient (Wildman–Crippen LogP) is 2.74. The number of rotatable bonds is 1. The Hall–Kier alpha value is -0.550. The van der Waals surface area contributed by atoms with Gasteiger partial charge in [0.1, 0.15) is 0 Å². The summed E-state index contributed by atoms with van der Waals surface area (Å²) in [5, 5.41) is 0. The lowest BCUT2D eigenvalue weighted by Crippen LogP contribution is -2.05. The van der Waals surface area contributed by atoms with Crippen LogP contribution in [0.5, 0.6) is 0 Å². The second-order valence-electron chi connectivity index (χ2n) is 2.40. The Kier molecular flexibility index (Phi) is 4.43. The van der Waals surface area contributed by atoms with Crippen LogP contribution in [0.1, 0.15) is 11.1 Å². The van der Waals surface area contributed by atoms with Crippen molar-refractivity contribution >= 4 is 17.0 Å². The number of benzene rings is 1. The molecule has 1 rings (SSSR count). The van der Waals surface area contributed by atoms with Crippen molar-refractivity contribution in [2.75, 3.05) is 0 Å². The highest BCUT2D eigenvalue weighted by Crippen LogP contribution is 2.28. The van der Waals surface area contributed by atoms with Gasteiger partial charge in [0, 0.05) is 6.54 Å². The summed E-state index contributed by atoms with van der Waals surface area (Å²) in [5.74, 6) is 0. The first-order chi connectivity index (χ1) is 5.54. The summed E-state index contributed by atoms with van der Waals surface area (Å²) in [5.41, 5.74) is 5.29. The Bertz CT molecular complexity index is 255. The molecule has 1 nitrogen and oxygen atoms in total. The van der Waals surface area contributed by atoms with Crippen LogP contribution in [0, 0.1) is 0 Å². The highest BCUT2D eigenvalue weighted by atomic mass is 79.9. The van der Waals surface area contributed by atoms with Gasteiger partial charge in [-0.3, -0.25) is 0 Å². The van der Waals surface area contributed by atoms with Gasteiger partial charge in [-0.1, -0.05) is 12.1 Å². The summed E-state index contributed by atoms with van der Waals surface area (Å²) in [7, 11) is 0. The zero-order valence-corrected chi connectivity index (χ0v) is 8.35. The van der Waals surface area contributed by atoms with E-state index < -0.39 is 11.7 Å². The van der Waals surface area contributed by atoms with E-state index >= 15 is 0 Å². The van der Waals surface area contributed by atoms with E-state index in [0.29, 0.717) is 5.56 Å². The van der Waals surface area contributed by atoms with Gasteiger partial charge in [0.05, 0.1) is 5.56 Å². The van der Waals surface area contributed by atoms with Crippen LogP contribution in [-0.2, 0) is 12.7 Å². The van der Waals surface area contributed by atoms with Crippen LogP contribution in [0.3, 0.4) is 0 Å². The maximum atomic E-state index is 12.0. The van der Waals surface area contributed by atoms with Crippen LogP contribution < -0.4 is 5.73 Å². The van der Waals surface area contributed by atoms with E-state index in [-0.39, 0.29) is 23.5 Å². The first-order valence-electron chi connectivity index (χ1n) is 3.40. The fourth-order valence-electron chi connectivity index (χ4n) is 0.830. The molecule has 13 heavy (non-hydrogen) atoms. The smallest absolute Gasteiger partial charge is 0.326 e. The third-order valence-electron chi connectivity index (χ3n) is 1.52. The quantitative estimate of drug-likeness (QED) is 0.821. The maximum Gasteiger partial charge on any atom is 0.416 e. The third-order valence-corrected chi connectivity index (χ3v) is 1.52. The molecule has 2 N–H and O–H groups in total. The molecule has 0 aliphatic heterocycles. The van der Waals surface area contributed by atoms with E-state index in [1.807, 2.05) is 0 Å². The predicted molar refractivity (Wildman–Crippen MR) is 49.7 cm³/mol. The van der Waals surface area contributed by atoms with Gasteiger partial charge in [0.15, 0.2) is 0 Å². The van der Waals surface area contributed by atoms with Gasteiger partial charge in [0.2, 0.25) is 0 Å². The molecule has 0 saturated carbocycles. The molecule has 0 heterocycles. The largest absolute Gasteiger partial charge is 0.416 e. The monoisotopic (exact) mass is 255 g/mol. The Morgan fingerprint density at radius 2 is 1.54 bits per heavy atom. The SMILES string of the molecule is Br.NCc1ccc(C(F)(F)F)cc1. The summed E-state index contributed by atoms with van der Waals surface area (Å²) in [4.78, 5) is 0. The lowest BCUT2D eigenvalue weighted by molar-refractivity contribution is -0.137. The summed E-state index contributed by atoms with van der Waals surface area (Å²) < 4.78 is 36.0. The minimum absolute atomic E-state index is 0. The lowest BCUT2D eigenvalue weighted by Gasteiger charge is -2.06. The van der Waals surface area contributed by atoms with Crippen LogP contribution in [-0.4, -0.2) is 0 Å². The van der Waals surface area contributed by atoms with Crippen LogP contribution in [0.15, 0.2) is 24.3 Å². The summed E-state index contributed by atoms with van der Waals surface area (Å²) >= 11 is 0. The molecule has 0 aromatic heterocycles. The molecule has 1 aromatic carbocycles. The van der Waals surface area contributed by atoms with Gasteiger partial charge in [-0.05, 0) is 17.7 Å². The fourth-order valence-corrected chi connectivity index (χ4v) is 0.830. The number of nitrogens with two attached hydrogens (primary N) is 1. The van der Waals surface area contributed by atoms with Gasteiger partial charge >= 0.3 is 6.18 Å². The Labute approximate surface area is 84.5 Å². The Morgan fingerprint density at radius 3 is 1.85 bits per heavy atom. The highest BCUT2D eigenvalue weighted by Gasteiger charge is 2.29. The second kappa shape index (κ2) is 4.62. The molecule has 0 saturated heterocycles. The maximum absolute atomic E-state index is 12.0. The van der Waals surface area contributed by atoms with Crippen molar-refractivity contribution in [1.82, 2.24) is 0 Å². The molecule has 74 valence electrons. The van der Waals surface area contributed by atoms with Crippen molar-refractivity contribution in [2.24, 2.45) is 5.73 Å². The standard InChI is InChI=1S/C8H8F3N.BrH/c9-8(10,11)7-3-1-6(5-12)2-4-7;/h1-4H,5,12H2;1H. The molecule has 0 aliphatic carbocycles. The van der Waals surface area contributed by atoms with Gasteiger partial charge in [-0.25, -0.2) is 0 Å². The van der Waals surface area contributed by atoms with Crippen molar-refractivity contribution in [2.45, 2.75) is 12.7 Å². The van der Waals surface area contributed by atoms with Gasteiger partial charge in [-0.2, -0.15) is 13.2 Å². The van der Waals surface area contributed by atoms with E-state index in [0.717, 1.165) is 12.1 Å². The van der Waals surface area contributed by atoms with E-state index in [1.54, 1.807) is 0 Å². The van der Waals surface area contributed by atoms with E-state index in [9.17, 15) is 13.2 Å². The summed E-state index contributed by atoms with van der Waals surface area (Å²) in [6.07, 6.45) is -4.26. The topological polar surface area (TPSA) is 26.0 Å². The van der Waals surface area contributed by atoms with Crippen molar-refractivity contribution in [3.8, 4) is 0 Å². The van der Waals surface area contributed by atoms with Gasteiger partial charge in [0.25, 0.3) is 0 Å². The number of alkyl halides is 3. The van der Waals surface area contributed by atoms with Crippen molar-refractivity contribution < 1.29 is 13.2 Å². The minimum Gasteiger partial charge on any atom is -0.326 e. The average molecular weight is 256 g/mol. The number of hydrogen-bond donors (Lipinski definition) is 1. The highest BCUT2D eigenvalue weighted by molar-refractivity contribution is 8.93. The molecule has 0 aliphatic rings. The summed E-state index contributed by atoms with van der Waals surface area (Å²) in [6, 6.07) is 4.82. The number of hydrogen-bond acceptors (Lipinski definition) is 1. The first-order valence-corrected chi connectivity index (χ1v) is 3.40. The molecule has 5 heteroatoms. The van der Waals surface area contributed by atoms with Gasteiger partial charge in [-0.15, -0.1) is 17.0 Å².